The van der Waals surface area contributed by atoms with Crippen molar-refractivity contribution >= 4 is 22.6 Å². The van der Waals surface area contributed by atoms with E-state index in [1.165, 1.54) is 0 Å². The molecule has 0 radical (unpaired) electrons. The first-order valence-electron chi connectivity index (χ1n) is 7.34. The van der Waals surface area contributed by atoms with E-state index in [0.717, 1.165) is 5.69 Å². The second-order valence-corrected chi connectivity index (χ2v) is 5.21. The smallest absolute Gasteiger partial charge is 0.314 e. The molecule has 3 rings (SSSR count). The summed E-state index contributed by atoms with van der Waals surface area (Å²) in [5, 5.41) is 0. The highest BCUT2D eigenvalue weighted by Crippen LogP contribution is 2.18. The zero-order valence-electron chi connectivity index (χ0n) is 12.8. The lowest BCUT2D eigenvalue weighted by atomic mass is 10.1. The van der Waals surface area contributed by atoms with E-state index in [0.29, 0.717) is 23.1 Å². The number of H-pyrrole nitrogens is 2. The van der Waals surface area contributed by atoms with E-state index in [2.05, 4.69) is 16.5 Å². The standard InChI is InChI=1S/C18H15N3O3/c1-2-10-21(13-6-4-3-5-7-13)18(24)12-8-9-14-15(11-12)20-17(23)16(22)19-14/h2-9,11H,1,10H2,(H,19,22)(H,20,23). The summed E-state index contributed by atoms with van der Waals surface area (Å²) in [6, 6.07) is 14.0. The fourth-order valence-electron chi connectivity index (χ4n) is 2.45. The van der Waals surface area contributed by atoms with Gasteiger partial charge in [-0.25, -0.2) is 0 Å². The van der Waals surface area contributed by atoms with E-state index in [-0.39, 0.29) is 5.91 Å². The van der Waals surface area contributed by atoms with Crippen LogP contribution in [0.5, 0.6) is 0 Å². The largest absolute Gasteiger partial charge is 0.316 e. The Balaban J connectivity index is 2.05. The van der Waals surface area contributed by atoms with Gasteiger partial charge < -0.3 is 14.9 Å². The van der Waals surface area contributed by atoms with Gasteiger partial charge in [-0.3, -0.25) is 14.4 Å². The summed E-state index contributed by atoms with van der Waals surface area (Å²) < 4.78 is 0. The van der Waals surface area contributed by atoms with Crippen LogP contribution in [0.15, 0.2) is 70.8 Å². The van der Waals surface area contributed by atoms with Crippen molar-refractivity contribution in [1.82, 2.24) is 9.97 Å². The summed E-state index contributed by atoms with van der Waals surface area (Å²) in [5.41, 5.74) is 0.536. The van der Waals surface area contributed by atoms with E-state index in [1.807, 2.05) is 30.3 Å². The van der Waals surface area contributed by atoms with Crippen LogP contribution in [-0.2, 0) is 0 Å². The molecule has 0 spiro atoms. The van der Waals surface area contributed by atoms with Crippen molar-refractivity contribution in [3.63, 3.8) is 0 Å². The van der Waals surface area contributed by atoms with Gasteiger partial charge in [0.05, 0.1) is 11.0 Å². The van der Waals surface area contributed by atoms with Crippen molar-refractivity contribution in [2.45, 2.75) is 0 Å². The van der Waals surface area contributed by atoms with Crippen LogP contribution < -0.4 is 16.0 Å². The van der Waals surface area contributed by atoms with Crippen molar-refractivity contribution in [2.75, 3.05) is 11.4 Å². The van der Waals surface area contributed by atoms with Crippen molar-refractivity contribution in [2.24, 2.45) is 0 Å². The van der Waals surface area contributed by atoms with Crippen LogP contribution in [0.25, 0.3) is 11.0 Å². The van der Waals surface area contributed by atoms with Crippen molar-refractivity contribution in [3.05, 3.63) is 87.5 Å². The normalized spacial score (nSPS) is 10.5. The predicted octanol–water partition coefficient (Wildman–Crippen LogP) is 2.05. The SMILES string of the molecule is C=CCN(C(=O)c1ccc2[nH]c(=O)c(=O)[nH]c2c1)c1ccccc1. The number of carbonyl (C=O) groups excluding carboxylic acids is 1. The van der Waals surface area contributed by atoms with Crippen LogP contribution in [0.1, 0.15) is 10.4 Å². The molecule has 2 N–H and O–H groups in total. The molecule has 3 aromatic rings. The zero-order chi connectivity index (χ0) is 17.1. The fraction of sp³-hybridized carbons (Fsp3) is 0.0556. The van der Waals surface area contributed by atoms with Crippen LogP contribution >= 0.6 is 0 Å². The van der Waals surface area contributed by atoms with Crippen LogP contribution in [0.4, 0.5) is 5.69 Å². The highest BCUT2D eigenvalue weighted by molar-refractivity contribution is 6.07. The molecule has 1 heterocycles. The lowest BCUT2D eigenvalue weighted by molar-refractivity contribution is 0.0990. The number of fused-ring (bicyclic) bond motifs is 1. The Hall–Kier alpha value is -3.41. The minimum absolute atomic E-state index is 0.227. The molecule has 1 amide bonds. The molecule has 0 fully saturated rings. The van der Waals surface area contributed by atoms with Crippen molar-refractivity contribution in [1.29, 1.82) is 0 Å². The number of carbonyl (C=O) groups is 1. The summed E-state index contributed by atoms with van der Waals surface area (Å²) in [7, 11) is 0. The number of nitrogens with one attached hydrogen (secondary N) is 2. The molecule has 1 aromatic heterocycles. The highest BCUT2D eigenvalue weighted by atomic mass is 16.2. The number of aromatic nitrogens is 2. The maximum atomic E-state index is 12.8. The number of para-hydroxylation sites is 1. The van der Waals surface area contributed by atoms with Crippen molar-refractivity contribution in [3.8, 4) is 0 Å². The number of aromatic amines is 2. The van der Waals surface area contributed by atoms with E-state index in [1.54, 1.807) is 29.2 Å². The molecular formula is C18H15N3O3. The monoisotopic (exact) mass is 321 g/mol. The van der Waals surface area contributed by atoms with Crippen LogP contribution in [0.3, 0.4) is 0 Å². The molecule has 0 aliphatic rings. The van der Waals surface area contributed by atoms with E-state index in [9.17, 15) is 14.4 Å². The summed E-state index contributed by atoms with van der Waals surface area (Å²) >= 11 is 0. The fourth-order valence-corrected chi connectivity index (χ4v) is 2.45. The average Bonchev–Trinajstić information content (AvgIpc) is 2.60. The Labute approximate surface area is 137 Å². The Morgan fingerprint density at radius 3 is 2.33 bits per heavy atom. The van der Waals surface area contributed by atoms with E-state index < -0.39 is 11.1 Å². The van der Waals surface area contributed by atoms with Gasteiger partial charge in [-0.2, -0.15) is 0 Å². The molecular weight excluding hydrogens is 306 g/mol. The first-order chi connectivity index (χ1) is 11.6. The number of nitrogens with zero attached hydrogens (tertiary/aromatic N) is 1. The Morgan fingerprint density at radius 2 is 1.67 bits per heavy atom. The Morgan fingerprint density at radius 1 is 1.00 bits per heavy atom. The number of anilines is 1. The minimum atomic E-state index is -0.752. The van der Waals surface area contributed by atoms with Gasteiger partial charge in [0.25, 0.3) is 5.91 Å². The number of hydrogen-bond acceptors (Lipinski definition) is 3. The summed E-state index contributed by atoms with van der Waals surface area (Å²) in [5.74, 6) is -0.227. The Kier molecular flexibility index (Phi) is 4.11. The van der Waals surface area contributed by atoms with Gasteiger partial charge in [-0.05, 0) is 30.3 Å². The van der Waals surface area contributed by atoms with Gasteiger partial charge >= 0.3 is 11.1 Å². The number of benzene rings is 2. The van der Waals surface area contributed by atoms with Crippen LogP contribution in [-0.4, -0.2) is 22.4 Å². The molecule has 0 unspecified atom stereocenters. The van der Waals surface area contributed by atoms with Gasteiger partial charge in [0.1, 0.15) is 0 Å². The maximum Gasteiger partial charge on any atom is 0.314 e. The summed E-state index contributed by atoms with van der Waals surface area (Å²) in [4.78, 5) is 42.2. The molecule has 0 saturated carbocycles. The number of hydrogen-bond donors (Lipinski definition) is 2. The molecule has 0 saturated heterocycles. The lowest BCUT2D eigenvalue weighted by Crippen LogP contribution is -2.31. The third-order valence-electron chi connectivity index (χ3n) is 3.59. The van der Waals surface area contributed by atoms with E-state index in [4.69, 9.17) is 0 Å². The molecule has 0 aliphatic heterocycles. The second kappa shape index (κ2) is 6.37. The molecule has 2 aromatic carbocycles. The van der Waals surface area contributed by atoms with Gasteiger partial charge in [0.15, 0.2) is 0 Å². The summed E-state index contributed by atoms with van der Waals surface area (Å²) in [6.07, 6.45) is 1.64. The molecule has 120 valence electrons. The maximum absolute atomic E-state index is 12.8. The van der Waals surface area contributed by atoms with Gasteiger partial charge in [-0.1, -0.05) is 24.3 Å². The zero-order valence-corrected chi connectivity index (χ0v) is 12.8. The van der Waals surface area contributed by atoms with Crippen LogP contribution in [0, 0.1) is 0 Å². The summed E-state index contributed by atoms with van der Waals surface area (Å²) in [6.45, 7) is 4.04. The second-order valence-electron chi connectivity index (χ2n) is 5.21. The minimum Gasteiger partial charge on any atom is -0.316 e. The molecule has 6 heteroatoms. The van der Waals surface area contributed by atoms with Gasteiger partial charge in [-0.15, -0.1) is 6.58 Å². The molecule has 24 heavy (non-hydrogen) atoms. The Bertz CT molecular complexity index is 1020. The van der Waals surface area contributed by atoms with Crippen molar-refractivity contribution < 1.29 is 4.79 Å². The molecule has 0 bridgehead atoms. The first kappa shape index (κ1) is 15.5. The van der Waals surface area contributed by atoms with E-state index >= 15 is 0 Å². The average molecular weight is 321 g/mol. The topological polar surface area (TPSA) is 86.0 Å². The molecule has 0 atom stereocenters. The number of rotatable bonds is 4. The molecule has 0 aliphatic carbocycles. The third-order valence-corrected chi connectivity index (χ3v) is 3.59. The highest BCUT2D eigenvalue weighted by Gasteiger charge is 2.17. The van der Waals surface area contributed by atoms with Crippen LogP contribution in [0.2, 0.25) is 0 Å². The number of amides is 1. The lowest BCUT2D eigenvalue weighted by Gasteiger charge is -2.21. The predicted molar refractivity (Wildman–Crippen MR) is 93.5 cm³/mol. The van der Waals surface area contributed by atoms with Gasteiger partial charge in [0.2, 0.25) is 0 Å². The quantitative estimate of drug-likeness (QED) is 0.569. The first-order valence-corrected chi connectivity index (χ1v) is 7.34. The molecule has 6 nitrogen and oxygen atoms in total. The third kappa shape index (κ3) is 2.89. The van der Waals surface area contributed by atoms with Gasteiger partial charge in [0, 0.05) is 17.8 Å².